The van der Waals surface area contributed by atoms with Crippen LogP contribution in [-0.4, -0.2) is 25.4 Å². The molecule has 240 valence electrons. The second kappa shape index (κ2) is 28.6. The molecule has 5 heteroatoms. The molecule has 0 bridgehead atoms. The van der Waals surface area contributed by atoms with Gasteiger partial charge in [-0.1, -0.05) is 100 Å². The lowest BCUT2D eigenvalue weighted by atomic mass is 9.94. The van der Waals surface area contributed by atoms with Gasteiger partial charge in [-0.25, -0.2) is 0 Å². The lowest BCUT2D eigenvalue weighted by Gasteiger charge is -2.29. The average molecular weight is 591 g/mol. The van der Waals surface area contributed by atoms with Gasteiger partial charge in [0.05, 0.1) is 12.8 Å². The van der Waals surface area contributed by atoms with Crippen LogP contribution in [-0.2, 0) is 11.3 Å². The molecule has 0 saturated heterocycles. The van der Waals surface area contributed by atoms with E-state index in [1.54, 1.807) is 7.11 Å². The molecule has 0 aliphatic carbocycles. The first-order valence-electron chi connectivity index (χ1n) is 15.4. The number of benzene rings is 2. The van der Waals surface area contributed by atoms with E-state index in [-0.39, 0.29) is 6.04 Å². The van der Waals surface area contributed by atoms with Crippen molar-refractivity contribution in [2.75, 3.05) is 13.8 Å². The first-order valence-corrected chi connectivity index (χ1v) is 15.4. The van der Waals surface area contributed by atoms with Crippen molar-refractivity contribution in [2.24, 2.45) is 11.5 Å². The van der Waals surface area contributed by atoms with Gasteiger partial charge in [0.1, 0.15) is 0 Å². The highest BCUT2D eigenvalue weighted by molar-refractivity contribution is 5.43. The molecule has 43 heavy (non-hydrogen) atoms. The molecule has 0 aromatic heterocycles. The Morgan fingerprint density at radius 2 is 1.44 bits per heavy atom. The third-order valence-corrected chi connectivity index (χ3v) is 5.30. The Kier molecular flexibility index (Phi) is 29.3. The SMILES string of the molecule is C=C(N)C(NC#CCCC)C(C)(C)N.CC.CC.CC=C(C)C.COCNCc1ccc(C#Cc2ccc(C)cc2)cc1. The summed E-state index contributed by atoms with van der Waals surface area (Å²) in [4.78, 5) is 0. The molecule has 1 atom stereocenters. The zero-order chi connectivity index (χ0) is 33.7. The normalized spacial score (nSPS) is 9.79. The summed E-state index contributed by atoms with van der Waals surface area (Å²) in [6.07, 6.45) is 4.01. The van der Waals surface area contributed by atoms with Gasteiger partial charge < -0.3 is 21.5 Å². The van der Waals surface area contributed by atoms with E-state index in [1.807, 2.05) is 72.7 Å². The van der Waals surface area contributed by atoms with Crippen LogP contribution < -0.4 is 22.1 Å². The van der Waals surface area contributed by atoms with Gasteiger partial charge in [-0.15, -0.1) is 0 Å². The van der Waals surface area contributed by atoms with Crippen molar-refractivity contribution in [1.82, 2.24) is 10.6 Å². The highest BCUT2D eigenvalue weighted by atomic mass is 16.5. The van der Waals surface area contributed by atoms with E-state index in [0.29, 0.717) is 12.4 Å². The van der Waals surface area contributed by atoms with Gasteiger partial charge in [0.25, 0.3) is 0 Å². The summed E-state index contributed by atoms with van der Waals surface area (Å²) in [5, 5.41) is 6.16. The Labute approximate surface area is 266 Å². The van der Waals surface area contributed by atoms with Gasteiger partial charge in [-0.05, 0) is 77.8 Å². The van der Waals surface area contributed by atoms with Crippen molar-refractivity contribution in [3.63, 3.8) is 0 Å². The number of allylic oxidation sites excluding steroid dienone is 2. The maximum absolute atomic E-state index is 5.92. The number of rotatable bonds is 8. The van der Waals surface area contributed by atoms with Crippen molar-refractivity contribution in [1.29, 1.82) is 0 Å². The standard InChI is InChI=1S/C18H19NO.C11H21N3.C5H10.2C2H6/c1-15-3-5-16(6-4-15)7-8-17-9-11-18(12-10-17)13-19-14-20-2;1-5-6-7-8-14-10(9(2)12)11(3,4)13;1-4-5(2)3;2*1-2/h3-6,9-12,19H,13-14H2,1-2H3;10,14H,2,5-6,12-13H2,1,3-4H3;4H,1-3H3;2*1-2H3. The molecular weight excluding hydrogens is 528 g/mol. The van der Waals surface area contributed by atoms with Gasteiger partial charge in [0.15, 0.2) is 0 Å². The predicted molar refractivity (Wildman–Crippen MR) is 191 cm³/mol. The molecule has 0 saturated carbocycles. The highest BCUT2D eigenvalue weighted by Gasteiger charge is 2.25. The van der Waals surface area contributed by atoms with E-state index >= 15 is 0 Å². The Hall–Kier alpha value is -3.48. The zero-order valence-electron chi connectivity index (χ0n) is 29.4. The molecule has 2 aromatic carbocycles. The lowest BCUT2D eigenvalue weighted by Crippen LogP contribution is -2.54. The van der Waals surface area contributed by atoms with E-state index in [2.05, 4.69) is 99.1 Å². The summed E-state index contributed by atoms with van der Waals surface area (Å²) < 4.78 is 4.95. The molecule has 0 radical (unpaired) electrons. The molecule has 0 amide bonds. The predicted octanol–water partition coefficient (Wildman–Crippen LogP) is 8.03. The van der Waals surface area contributed by atoms with Crippen LogP contribution in [0.3, 0.4) is 0 Å². The molecule has 0 aliphatic heterocycles. The van der Waals surface area contributed by atoms with Gasteiger partial charge in [0, 0.05) is 48.5 Å². The number of ether oxygens (including phenoxy) is 1. The number of nitrogens with two attached hydrogens (primary N) is 2. The van der Waals surface area contributed by atoms with Crippen LogP contribution in [0.25, 0.3) is 0 Å². The quantitative estimate of drug-likeness (QED) is 0.0822. The van der Waals surface area contributed by atoms with Crippen molar-refractivity contribution in [3.05, 3.63) is 94.7 Å². The van der Waals surface area contributed by atoms with Crippen LogP contribution in [0.4, 0.5) is 0 Å². The third-order valence-electron chi connectivity index (χ3n) is 5.30. The minimum absolute atomic E-state index is 0.174. The molecule has 0 aliphatic rings. The maximum atomic E-state index is 5.92. The molecule has 2 aromatic rings. The van der Waals surface area contributed by atoms with E-state index in [4.69, 9.17) is 16.2 Å². The first kappa shape index (κ1) is 44.0. The summed E-state index contributed by atoms with van der Waals surface area (Å²) in [5.74, 6) is 9.33. The number of hydrogen-bond acceptors (Lipinski definition) is 5. The molecule has 1 unspecified atom stereocenters. The van der Waals surface area contributed by atoms with Crippen molar-refractivity contribution >= 4 is 0 Å². The second-order valence-electron chi connectivity index (χ2n) is 10.1. The lowest BCUT2D eigenvalue weighted by molar-refractivity contribution is 0.174. The number of aryl methyl sites for hydroxylation is 1. The zero-order valence-corrected chi connectivity index (χ0v) is 29.4. The number of hydrogen-bond donors (Lipinski definition) is 4. The maximum Gasteiger partial charge on any atom is 0.0964 e. The van der Waals surface area contributed by atoms with E-state index in [1.165, 1.54) is 16.7 Å². The number of unbranched alkanes of at least 4 members (excludes halogenated alkanes) is 1. The first-order chi connectivity index (χ1) is 20.4. The topological polar surface area (TPSA) is 85.3 Å². The summed E-state index contributed by atoms with van der Waals surface area (Å²) in [6.45, 7) is 27.2. The largest absolute Gasteiger partial charge is 0.401 e. The monoisotopic (exact) mass is 590 g/mol. The minimum Gasteiger partial charge on any atom is -0.401 e. The van der Waals surface area contributed by atoms with Crippen LogP contribution in [0.5, 0.6) is 0 Å². The molecule has 6 N–H and O–H groups in total. The van der Waals surface area contributed by atoms with Gasteiger partial charge in [-0.3, -0.25) is 5.32 Å². The van der Waals surface area contributed by atoms with Crippen LogP contribution in [0.1, 0.15) is 104 Å². The van der Waals surface area contributed by atoms with Crippen LogP contribution in [0, 0.1) is 30.7 Å². The minimum atomic E-state index is -0.452. The van der Waals surface area contributed by atoms with E-state index in [9.17, 15) is 0 Å². The Balaban J connectivity index is -0.000000606. The molecule has 0 spiro atoms. The van der Waals surface area contributed by atoms with Gasteiger partial charge in [-0.2, -0.15) is 0 Å². The third kappa shape index (κ3) is 25.9. The summed E-state index contributed by atoms with van der Waals surface area (Å²) in [5.41, 5.74) is 17.6. The molecule has 0 heterocycles. The number of methoxy groups -OCH3 is 1. The van der Waals surface area contributed by atoms with Gasteiger partial charge in [0.2, 0.25) is 0 Å². The molecule has 2 rings (SSSR count). The molecule has 5 nitrogen and oxygen atoms in total. The van der Waals surface area contributed by atoms with Crippen molar-refractivity contribution in [3.8, 4) is 23.8 Å². The Morgan fingerprint density at radius 3 is 1.81 bits per heavy atom. The molecule has 0 fully saturated rings. The fourth-order valence-electron chi connectivity index (χ4n) is 2.85. The fourth-order valence-corrected chi connectivity index (χ4v) is 2.85. The van der Waals surface area contributed by atoms with E-state index < -0.39 is 5.54 Å². The Morgan fingerprint density at radius 1 is 0.977 bits per heavy atom. The van der Waals surface area contributed by atoms with Crippen LogP contribution >= 0.6 is 0 Å². The second-order valence-corrected chi connectivity index (χ2v) is 10.1. The highest BCUT2D eigenvalue weighted by Crippen LogP contribution is 2.09. The van der Waals surface area contributed by atoms with Crippen molar-refractivity contribution in [2.45, 2.75) is 107 Å². The smallest absolute Gasteiger partial charge is 0.0964 e. The van der Waals surface area contributed by atoms with Crippen LogP contribution in [0.2, 0.25) is 0 Å². The summed E-state index contributed by atoms with van der Waals surface area (Å²) in [7, 11) is 1.68. The summed E-state index contributed by atoms with van der Waals surface area (Å²) in [6, 6.07) is 19.2. The van der Waals surface area contributed by atoms with Crippen LogP contribution in [0.15, 0.2) is 72.5 Å². The molecular formula is C38H62N4O. The fraction of sp³-hybridized carbons (Fsp3) is 0.474. The summed E-state index contributed by atoms with van der Waals surface area (Å²) >= 11 is 0. The van der Waals surface area contributed by atoms with E-state index in [0.717, 1.165) is 30.5 Å². The number of nitrogens with one attached hydrogen (secondary N) is 2. The van der Waals surface area contributed by atoms with Gasteiger partial charge >= 0.3 is 0 Å². The average Bonchev–Trinajstić information content (AvgIpc) is 2.99. The van der Waals surface area contributed by atoms with Crippen molar-refractivity contribution < 1.29 is 4.74 Å². The Bertz CT molecular complexity index is 1100.